The fraction of sp³-hybridized carbons (Fsp3) is 0.857. The van der Waals surface area contributed by atoms with Crippen molar-refractivity contribution in [2.24, 2.45) is 52.3 Å². The van der Waals surface area contributed by atoms with Gasteiger partial charge in [-0.3, -0.25) is 4.98 Å². The predicted molar refractivity (Wildman–Crippen MR) is 156 cm³/mol. The summed E-state index contributed by atoms with van der Waals surface area (Å²) in [7, 11) is 0. The third-order valence-electron chi connectivity index (χ3n) is 12.4. The van der Waals surface area contributed by atoms with Crippen LogP contribution in [0.1, 0.15) is 131 Å². The summed E-state index contributed by atoms with van der Waals surface area (Å²) in [5.74, 6) is 7.57. The number of hydrogen-bond acceptors (Lipinski definition) is 2. The largest absolute Gasteiger partial charge is 0.490 e. The maximum Gasteiger partial charge on any atom is 0.123 e. The molecule has 0 saturated heterocycles. The van der Waals surface area contributed by atoms with Gasteiger partial charge in [0, 0.05) is 18.0 Å². The van der Waals surface area contributed by atoms with Gasteiger partial charge in [0.1, 0.15) is 5.75 Å². The fourth-order valence-electron chi connectivity index (χ4n) is 10.5. The molecule has 0 aliphatic heterocycles. The van der Waals surface area contributed by atoms with Crippen LogP contribution in [0, 0.1) is 52.3 Å². The van der Waals surface area contributed by atoms with Gasteiger partial charge in [-0.1, -0.05) is 67.2 Å². The Morgan fingerprint density at radius 3 is 2.51 bits per heavy atom. The van der Waals surface area contributed by atoms with E-state index in [1.54, 1.807) is 0 Å². The highest BCUT2D eigenvalue weighted by Gasteiger charge is 2.60. The van der Waals surface area contributed by atoms with E-state index in [9.17, 15) is 0 Å². The zero-order valence-electron chi connectivity index (χ0n) is 25.1. The summed E-state index contributed by atoms with van der Waals surface area (Å²) in [4.78, 5) is 4.53. The van der Waals surface area contributed by atoms with E-state index in [1.165, 1.54) is 82.7 Å². The number of nitrogens with zero attached hydrogens (tertiary/aromatic N) is 1. The first-order chi connectivity index (χ1) is 17.7. The lowest BCUT2D eigenvalue weighted by Gasteiger charge is -2.61. The van der Waals surface area contributed by atoms with Crippen molar-refractivity contribution in [2.75, 3.05) is 0 Å². The minimum absolute atomic E-state index is 0.392. The zero-order chi connectivity index (χ0) is 26.2. The lowest BCUT2D eigenvalue weighted by molar-refractivity contribution is -0.126. The average molecular weight is 508 g/mol. The maximum absolute atomic E-state index is 6.60. The topological polar surface area (TPSA) is 22.1 Å². The van der Waals surface area contributed by atoms with Gasteiger partial charge >= 0.3 is 0 Å². The molecular formula is C35H57NO. The molecule has 0 spiro atoms. The Kier molecular flexibility index (Phi) is 8.34. The highest BCUT2D eigenvalue weighted by atomic mass is 16.5. The van der Waals surface area contributed by atoms with Gasteiger partial charge in [-0.05, 0) is 123 Å². The Bertz CT molecular complexity index is 895. The van der Waals surface area contributed by atoms with Crippen LogP contribution in [-0.4, -0.2) is 11.1 Å². The Balaban J connectivity index is 1.22. The van der Waals surface area contributed by atoms with Crippen molar-refractivity contribution in [3.8, 4) is 5.75 Å². The second-order valence-corrected chi connectivity index (χ2v) is 14.9. The molecule has 37 heavy (non-hydrogen) atoms. The molecule has 0 amide bonds. The van der Waals surface area contributed by atoms with Crippen LogP contribution in [0.2, 0.25) is 0 Å². The van der Waals surface area contributed by atoms with Crippen LogP contribution < -0.4 is 4.74 Å². The van der Waals surface area contributed by atoms with Crippen molar-refractivity contribution in [3.63, 3.8) is 0 Å². The average Bonchev–Trinajstić information content (AvgIpc) is 3.22. The lowest BCUT2D eigenvalue weighted by atomic mass is 9.44. The Hall–Kier alpha value is -1.05. The standard InChI is InChI=1S/C35H57NO/c1-7-9-27-23-29(18-21-36-27)37-28-16-19-34(5)26(22-28)12-13-30-32-15-14-31(25(4)11-8-10-24(2)3)35(32,6)20-17-33(30)34/h18,21,23-26,28,30-33H,7-17,19-20,22H2,1-6H3/t25-,26?,28+,30+,31-,32+,33+,34+,35-/m1/s1. The van der Waals surface area contributed by atoms with E-state index < -0.39 is 0 Å². The lowest BCUT2D eigenvalue weighted by Crippen LogP contribution is -2.54. The van der Waals surface area contributed by atoms with Crippen molar-refractivity contribution in [2.45, 2.75) is 138 Å². The number of rotatable bonds is 9. The first kappa shape index (κ1) is 27.5. The maximum atomic E-state index is 6.60. The van der Waals surface area contributed by atoms with Gasteiger partial charge in [0.2, 0.25) is 0 Å². The van der Waals surface area contributed by atoms with E-state index in [4.69, 9.17) is 4.74 Å². The van der Waals surface area contributed by atoms with E-state index in [-0.39, 0.29) is 0 Å². The van der Waals surface area contributed by atoms with E-state index in [2.05, 4.69) is 58.7 Å². The summed E-state index contributed by atoms with van der Waals surface area (Å²) >= 11 is 0. The number of fused-ring (bicyclic) bond motifs is 5. The van der Waals surface area contributed by atoms with E-state index in [0.717, 1.165) is 60.0 Å². The van der Waals surface area contributed by atoms with Crippen molar-refractivity contribution >= 4 is 0 Å². The van der Waals surface area contributed by atoms with Crippen molar-refractivity contribution in [1.82, 2.24) is 4.98 Å². The molecule has 4 aliphatic carbocycles. The molecule has 9 atom stereocenters. The third kappa shape index (κ3) is 5.38. The number of hydrogen-bond donors (Lipinski definition) is 0. The Morgan fingerprint density at radius 2 is 1.73 bits per heavy atom. The number of ether oxygens (including phenoxy) is 1. The van der Waals surface area contributed by atoms with Crippen molar-refractivity contribution in [3.05, 3.63) is 24.0 Å². The first-order valence-electron chi connectivity index (χ1n) is 16.4. The highest BCUT2D eigenvalue weighted by molar-refractivity contribution is 5.23. The molecule has 1 aromatic rings. The second-order valence-electron chi connectivity index (χ2n) is 14.9. The van der Waals surface area contributed by atoms with Crippen molar-refractivity contribution < 1.29 is 4.74 Å². The van der Waals surface area contributed by atoms with Gasteiger partial charge in [0.05, 0.1) is 6.10 Å². The molecule has 1 heterocycles. The predicted octanol–water partition coefficient (Wildman–Crippen LogP) is 9.90. The van der Waals surface area contributed by atoms with E-state index in [1.807, 2.05) is 6.20 Å². The summed E-state index contributed by atoms with van der Waals surface area (Å²) in [6, 6.07) is 4.27. The summed E-state index contributed by atoms with van der Waals surface area (Å²) in [5.41, 5.74) is 2.33. The Labute approximate surface area is 229 Å². The fourth-order valence-corrected chi connectivity index (χ4v) is 10.5. The van der Waals surface area contributed by atoms with E-state index >= 15 is 0 Å². The van der Waals surface area contributed by atoms with Crippen LogP contribution in [0.5, 0.6) is 5.75 Å². The molecular weight excluding hydrogens is 450 g/mol. The molecule has 0 aromatic carbocycles. The van der Waals surface area contributed by atoms with Gasteiger partial charge in [-0.15, -0.1) is 0 Å². The number of aromatic nitrogens is 1. The summed E-state index contributed by atoms with van der Waals surface area (Å²) < 4.78 is 6.60. The first-order valence-corrected chi connectivity index (χ1v) is 16.4. The highest BCUT2D eigenvalue weighted by Crippen LogP contribution is 2.68. The number of pyridine rings is 1. The normalized spacial score (nSPS) is 40.1. The zero-order valence-corrected chi connectivity index (χ0v) is 25.1. The van der Waals surface area contributed by atoms with Crippen LogP contribution >= 0.6 is 0 Å². The molecule has 0 N–H and O–H groups in total. The smallest absolute Gasteiger partial charge is 0.123 e. The van der Waals surface area contributed by atoms with Crippen molar-refractivity contribution in [1.29, 1.82) is 0 Å². The van der Waals surface area contributed by atoms with Gasteiger partial charge in [-0.25, -0.2) is 0 Å². The van der Waals surface area contributed by atoms with Crippen LogP contribution in [0.3, 0.4) is 0 Å². The molecule has 2 nitrogen and oxygen atoms in total. The molecule has 1 aromatic heterocycles. The molecule has 5 rings (SSSR count). The summed E-state index contributed by atoms with van der Waals surface area (Å²) in [6.45, 7) is 15.1. The van der Waals surface area contributed by atoms with Gasteiger partial charge in [0.25, 0.3) is 0 Å². The van der Waals surface area contributed by atoms with Gasteiger partial charge in [-0.2, -0.15) is 0 Å². The molecule has 2 heteroatoms. The third-order valence-corrected chi connectivity index (χ3v) is 12.4. The summed E-state index contributed by atoms with van der Waals surface area (Å²) in [6.07, 6.45) is 21.6. The van der Waals surface area contributed by atoms with Gasteiger partial charge in [0.15, 0.2) is 0 Å². The Morgan fingerprint density at radius 1 is 0.946 bits per heavy atom. The summed E-state index contributed by atoms with van der Waals surface area (Å²) in [5, 5.41) is 0. The second kappa shape index (κ2) is 11.2. The molecule has 4 saturated carbocycles. The molecule has 208 valence electrons. The minimum atomic E-state index is 0.392. The van der Waals surface area contributed by atoms with Crippen LogP contribution in [-0.2, 0) is 6.42 Å². The monoisotopic (exact) mass is 507 g/mol. The molecule has 1 unspecified atom stereocenters. The SMILES string of the molecule is CCCc1cc(O[C@H]2CC[C@@]3(C)C(CC[C@H]4[C@@H]5CC[C@H]([C@H](C)CCCC(C)C)[C@@]5(C)CC[C@@H]43)C2)ccn1. The van der Waals surface area contributed by atoms with Crippen LogP contribution in [0.4, 0.5) is 0 Å². The molecule has 4 aliphatic rings. The van der Waals surface area contributed by atoms with Crippen LogP contribution in [0.25, 0.3) is 0 Å². The number of aryl methyl sites for hydroxylation is 1. The molecule has 0 bridgehead atoms. The van der Waals surface area contributed by atoms with Crippen LogP contribution in [0.15, 0.2) is 18.3 Å². The molecule has 0 radical (unpaired) electrons. The molecule has 4 fully saturated rings. The van der Waals surface area contributed by atoms with Gasteiger partial charge < -0.3 is 4.74 Å². The quantitative estimate of drug-likeness (QED) is 0.332. The minimum Gasteiger partial charge on any atom is -0.490 e. The van der Waals surface area contributed by atoms with E-state index in [0.29, 0.717) is 16.9 Å².